The normalized spacial score (nSPS) is 16.9. The molecule has 27 heavy (non-hydrogen) atoms. The number of nitrogens with one attached hydrogen (secondary N) is 1. The summed E-state index contributed by atoms with van der Waals surface area (Å²) in [5, 5.41) is 2.88. The lowest BCUT2D eigenvalue weighted by Crippen LogP contribution is -2.50. The first-order chi connectivity index (χ1) is 13.0. The molecular weight excluding hydrogens is 345 g/mol. The van der Waals surface area contributed by atoms with Gasteiger partial charge in [-0.1, -0.05) is 18.2 Å². The van der Waals surface area contributed by atoms with E-state index in [1.165, 1.54) is 6.07 Å². The smallest absolute Gasteiger partial charge is 0.254 e. The summed E-state index contributed by atoms with van der Waals surface area (Å²) < 4.78 is 14.2. The molecule has 1 fully saturated rings. The third-order valence-electron chi connectivity index (χ3n) is 5.00. The predicted octanol–water partition coefficient (Wildman–Crippen LogP) is 2.80. The van der Waals surface area contributed by atoms with Crippen molar-refractivity contribution in [2.75, 3.05) is 13.1 Å². The second kappa shape index (κ2) is 8.29. The molecule has 0 spiro atoms. The number of halogens is 1. The fraction of sp³-hybridized carbons (Fsp3) is 0.381. The molecule has 142 valence electrons. The van der Waals surface area contributed by atoms with Crippen molar-refractivity contribution in [2.45, 2.75) is 39.2 Å². The Morgan fingerprint density at radius 3 is 2.85 bits per heavy atom. The molecule has 0 unspecified atom stereocenters. The lowest BCUT2D eigenvalue weighted by Gasteiger charge is -2.33. The van der Waals surface area contributed by atoms with Crippen LogP contribution < -0.4 is 5.32 Å². The van der Waals surface area contributed by atoms with E-state index in [1.807, 2.05) is 19.1 Å². The van der Waals surface area contributed by atoms with Crippen molar-refractivity contribution in [2.24, 2.45) is 0 Å². The topological polar surface area (TPSA) is 62.3 Å². The minimum absolute atomic E-state index is 0.0202. The minimum Gasteiger partial charge on any atom is -0.347 e. The van der Waals surface area contributed by atoms with E-state index in [-0.39, 0.29) is 17.5 Å². The van der Waals surface area contributed by atoms with E-state index in [0.717, 1.165) is 24.1 Å². The molecule has 6 heteroatoms. The Morgan fingerprint density at radius 2 is 2.07 bits per heavy atom. The molecule has 0 radical (unpaired) electrons. The van der Waals surface area contributed by atoms with Gasteiger partial charge < -0.3 is 10.2 Å². The maximum atomic E-state index is 14.2. The number of piperidine rings is 1. The first-order valence-electron chi connectivity index (χ1n) is 9.20. The van der Waals surface area contributed by atoms with Gasteiger partial charge in [0.05, 0.1) is 12.0 Å². The maximum absolute atomic E-state index is 14.2. The van der Waals surface area contributed by atoms with Gasteiger partial charge in [-0.05, 0) is 49.9 Å². The van der Waals surface area contributed by atoms with E-state index < -0.39 is 11.7 Å². The summed E-state index contributed by atoms with van der Waals surface area (Å²) in [4.78, 5) is 31.1. The van der Waals surface area contributed by atoms with Crippen molar-refractivity contribution in [3.63, 3.8) is 0 Å². The molecule has 5 nitrogen and oxygen atoms in total. The number of carbonyl (C=O) groups is 2. The molecule has 1 aromatic heterocycles. The van der Waals surface area contributed by atoms with Gasteiger partial charge in [0.2, 0.25) is 5.91 Å². The van der Waals surface area contributed by atoms with Crippen LogP contribution in [-0.2, 0) is 11.2 Å². The van der Waals surface area contributed by atoms with Gasteiger partial charge in [-0.3, -0.25) is 14.6 Å². The molecule has 1 saturated heterocycles. The van der Waals surface area contributed by atoms with Crippen molar-refractivity contribution >= 4 is 11.8 Å². The molecule has 0 aliphatic carbocycles. The largest absolute Gasteiger partial charge is 0.347 e. The standard InChI is InChI=1S/C21H24FN3O2/c1-14-6-3-9-18(20(14)22)21(27)24-17-8-5-11-25(13-17)19(26)12-16-7-4-10-23-15(16)2/h3-4,6-7,9-10,17H,5,8,11-13H2,1-2H3,(H,24,27)/t17-/m1/s1. The Kier molecular flexibility index (Phi) is 5.84. The molecule has 3 rings (SSSR count). The molecule has 1 aliphatic heterocycles. The number of carbonyl (C=O) groups excluding carboxylic acids is 2. The molecule has 0 saturated carbocycles. The van der Waals surface area contributed by atoms with Crippen LogP contribution in [0.1, 0.15) is 40.0 Å². The molecule has 2 amide bonds. The van der Waals surface area contributed by atoms with Crippen molar-refractivity contribution in [3.05, 3.63) is 64.7 Å². The van der Waals surface area contributed by atoms with Crippen LogP contribution >= 0.6 is 0 Å². The lowest BCUT2D eigenvalue weighted by atomic mass is 10.0. The predicted molar refractivity (Wildman–Crippen MR) is 101 cm³/mol. The summed E-state index contributed by atoms with van der Waals surface area (Å²) in [6, 6.07) is 8.34. The number of nitrogens with zero attached hydrogens (tertiary/aromatic N) is 2. The molecule has 2 heterocycles. The van der Waals surface area contributed by atoms with E-state index in [4.69, 9.17) is 0 Å². The van der Waals surface area contributed by atoms with Gasteiger partial charge in [0.15, 0.2) is 0 Å². The number of likely N-dealkylation sites (tertiary alicyclic amines) is 1. The second-order valence-corrected chi connectivity index (χ2v) is 7.01. The zero-order valence-electron chi connectivity index (χ0n) is 15.7. The summed E-state index contributed by atoms with van der Waals surface area (Å²) in [7, 11) is 0. The molecule has 0 bridgehead atoms. The van der Waals surface area contributed by atoms with Crippen molar-refractivity contribution in [1.82, 2.24) is 15.2 Å². The fourth-order valence-electron chi connectivity index (χ4n) is 3.39. The van der Waals surface area contributed by atoms with Gasteiger partial charge in [0.25, 0.3) is 5.91 Å². The molecule has 1 N–H and O–H groups in total. The summed E-state index contributed by atoms with van der Waals surface area (Å²) in [5.41, 5.74) is 2.25. The van der Waals surface area contributed by atoms with Crippen molar-refractivity contribution < 1.29 is 14.0 Å². The van der Waals surface area contributed by atoms with Gasteiger partial charge in [0, 0.05) is 31.0 Å². The second-order valence-electron chi connectivity index (χ2n) is 7.01. The fourth-order valence-corrected chi connectivity index (χ4v) is 3.39. The third-order valence-corrected chi connectivity index (χ3v) is 5.00. The number of aromatic nitrogens is 1. The SMILES string of the molecule is Cc1cccc(C(=O)N[C@@H]2CCCN(C(=O)Cc3cccnc3C)C2)c1F. The van der Waals surface area contributed by atoms with Gasteiger partial charge in [-0.15, -0.1) is 0 Å². The zero-order valence-corrected chi connectivity index (χ0v) is 15.7. The van der Waals surface area contributed by atoms with Crippen LogP contribution in [0.4, 0.5) is 4.39 Å². The van der Waals surface area contributed by atoms with Crippen LogP contribution in [0.5, 0.6) is 0 Å². The van der Waals surface area contributed by atoms with E-state index in [2.05, 4.69) is 10.3 Å². The highest BCUT2D eigenvalue weighted by Gasteiger charge is 2.26. The monoisotopic (exact) mass is 369 g/mol. The Bertz CT molecular complexity index is 853. The summed E-state index contributed by atoms with van der Waals surface area (Å²) in [6.45, 7) is 4.63. The minimum atomic E-state index is -0.495. The summed E-state index contributed by atoms with van der Waals surface area (Å²) in [6.07, 6.45) is 3.58. The number of amides is 2. The summed E-state index contributed by atoms with van der Waals surface area (Å²) >= 11 is 0. The number of hydrogen-bond donors (Lipinski definition) is 1. The van der Waals surface area contributed by atoms with E-state index in [0.29, 0.717) is 25.1 Å². The lowest BCUT2D eigenvalue weighted by molar-refractivity contribution is -0.131. The van der Waals surface area contributed by atoms with Crippen LogP contribution in [0.3, 0.4) is 0 Å². The Hall–Kier alpha value is -2.76. The molecule has 2 aromatic rings. The first-order valence-corrected chi connectivity index (χ1v) is 9.20. The highest BCUT2D eigenvalue weighted by Crippen LogP contribution is 2.16. The molecule has 1 atom stereocenters. The van der Waals surface area contributed by atoms with Crippen LogP contribution in [-0.4, -0.2) is 40.8 Å². The number of aryl methyl sites for hydroxylation is 2. The number of benzene rings is 1. The number of pyridine rings is 1. The van der Waals surface area contributed by atoms with Crippen LogP contribution in [0.15, 0.2) is 36.5 Å². The van der Waals surface area contributed by atoms with E-state index in [1.54, 1.807) is 30.2 Å². The number of hydrogen-bond acceptors (Lipinski definition) is 3. The average Bonchev–Trinajstić information content (AvgIpc) is 2.66. The Balaban J connectivity index is 1.62. The molecular formula is C21H24FN3O2. The highest BCUT2D eigenvalue weighted by molar-refractivity contribution is 5.95. The Labute approximate surface area is 158 Å². The number of rotatable bonds is 4. The van der Waals surface area contributed by atoms with Crippen LogP contribution in [0.2, 0.25) is 0 Å². The quantitative estimate of drug-likeness (QED) is 0.901. The summed E-state index contributed by atoms with van der Waals surface area (Å²) in [5.74, 6) is -0.906. The van der Waals surface area contributed by atoms with Gasteiger partial charge >= 0.3 is 0 Å². The van der Waals surface area contributed by atoms with E-state index in [9.17, 15) is 14.0 Å². The third kappa shape index (κ3) is 4.51. The van der Waals surface area contributed by atoms with Crippen LogP contribution in [0, 0.1) is 19.7 Å². The highest BCUT2D eigenvalue weighted by atomic mass is 19.1. The molecule has 1 aliphatic rings. The van der Waals surface area contributed by atoms with Crippen molar-refractivity contribution in [1.29, 1.82) is 0 Å². The Morgan fingerprint density at radius 1 is 1.26 bits per heavy atom. The van der Waals surface area contributed by atoms with Gasteiger partial charge in [0.1, 0.15) is 5.82 Å². The zero-order chi connectivity index (χ0) is 19.4. The van der Waals surface area contributed by atoms with Gasteiger partial charge in [-0.2, -0.15) is 0 Å². The average molecular weight is 369 g/mol. The molecule has 1 aromatic carbocycles. The van der Waals surface area contributed by atoms with Crippen molar-refractivity contribution in [3.8, 4) is 0 Å². The van der Waals surface area contributed by atoms with E-state index >= 15 is 0 Å². The van der Waals surface area contributed by atoms with Crippen LogP contribution in [0.25, 0.3) is 0 Å². The van der Waals surface area contributed by atoms with Gasteiger partial charge in [-0.25, -0.2) is 4.39 Å². The first kappa shape index (κ1) is 19.0. The maximum Gasteiger partial charge on any atom is 0.254 e.